The van der Waals surface area contributed by atoms with Crippen molar-refractivity contribution in [3.8, 4) is 11.4 Å². The van der Waals surface area contributed by atoms with E-state index in [9.17, 15) is 18.0 Å². The topological polar surface area (TPSA) is 70.7 Å². The largest absolute Gasteiger partial charge is 0.416 e. The fourth-order valence-corrected chi connectivity index (χ4v) is 2.87. The quantitative estimate of drug-likeness (QED) is 0.586. The van der Waals surface area contributed by atoms with Gasteiger partial charge in [0.1, 0.15) is 0 Å². The zero-order valence-electron chi connectivity index (χ0n) is 13.5. The molecule has 140 valence electrons. The molecule has 2 N–H and O–H groups in total. The third-order valence-electron chi connectivity index (χ3n) is 3.39. The van der Waals surface area contributed by atoms with Crippen LogP contribution in [0.5, 0.6) is 0 Å². The number of aromatic nitrogens is 3. The van der Waals surface area contributed by atoms with E-state index in [1.165, 1.54) is 12.1 Å². The lowest BCUT2D eigenvalue weighted by molar-refractivity contribution is -0.137. The van der Waals surface area contributed by atoms with Gasteiger partial charge >= 0.3 is 6.18 Å². The minimum Gasteiger partial charge on any atom is -0.325 e. The van der Waals surface area contributed by atoms with Gasteiger partial charge in [-0.05, 0) is 42.5 Å². The highest BCUT2D eigenvalue weighted by Crippen LogP contribution is 2.30. The van der Waals surface area contributed by atoms with Gasteiger partial charge in [0.15, 0.2) is 5.82 Å². The molecule has 0 saturated carbocycles. The molecular weight excluding hydrogens is 401 g/mol. The van der Waals surface area contributed by atoms with Gasteiger partial charge in [-0.2, -0.15) is 13.2 Å². The number of nitrogens with one attached hydrogen (secondary N) is 2. The molecule has 0 fully saturated rings. The summed E-state index contributed by atoms with van der Waals surface area (Å²) in [4.78, 5) is 16.2. The predicted molar refractivity (Wildman–Crippen MR) is 97.6 cm³/mol. The molecular formula is C17H12ClF3N4OS. The fraction of sp³-hybridized carbons (Fsp3) is 0.118. The molecule has 27 heavy (non-hydrogen) atoms. The molecule has 0 atom stereocenters. The number of amides is 1. The number of benzene rings is 2. The highest BCUT2D eigenvalue weighted by Gasteiger charge is 2.30. The molecule has 0 bridgehead atoms. The zero-order valence-corrected chi connectivity index (χ0v) is 15.1. The summed E-state index contributed by atoms with van der Waals surface area (Å²) in [6, 6.07) is 11.4. The smallest absolute Gasteiger partial charge is 0.325 e. The lowest BCUT2D eigenvalue weighted by atomic mass is 10.2. The van der Waals surface area contributed by atoms with Crippen molar-refractivity contribution in [2.75, 3.05) is 11.1 Å². The van der Waals surface area contributed by atoms with Gasteiger partial charge in [-0.25, -0.2) is 4.98 Å². The van der Waals surface area contributed by atoms with Gasteiger partial charge in [-0.15, -0.1) is 5.10 Å². The first kappa shape index (κ1) is 19.2. The summed E-state index contributed by atoms with van der Waals surface area (Å²) in [6.45, 7) is 0. The maximum atomic E-state index is 12.7. The van der Waals surface area contributed by atoms with Crippen molar-refractivity contribution in [2.24, 2.45) is 0 Å². The first-order valence-corrected chi connectivity index (χ1v) is 8.96. The zero-order chi connectivity index (χ0) is 19.4. The van der Waals surface area contributed by atoms with Gasteiger partial charge in [-0.1, -0.05) is 29.4 Å². The first-order chi connectivity index (χ1) is 12.8. The van der Waals surface area contributed by atoms with Crippen molar-refractivity contribution in [3.05, 3.63) is 59.1 Å². The Labute approximate surface area is 161 Å². The number of anilines is 1. The third kappa shape index (κ3) is 5.24. The molecule has 10 heteroatoms. The summed E-state index contributed by atoms with van der Waals surface area (Å²) < 4.78 is 38.1. The molecule has 1 amide bonds. The van der Waals surface area contributed by atoms with Crippen molar-refractivity contribution in [2.45, 2.75) is 11.3 Å². The average molecular weight is 413 g/mol. The lowest BCUT2D eigenvalue weighted by Crippen LogP contribution is -2.15. The van der Waals surface area contributed by atoms with Gasteiger partial charge in [-0.3, -0.25) is 9.89 Å². The van der Waals surface area contributed by atoms with E-state index in [1.54, 1.807) is 24.3 Å². The van der Waals surface area contributed by atoms with Crippen LogP contribution in [-0.2, 0) is 11.0 Å². The van der Waals surface area contributed by atoms with Crippen LogP contribution < -0.4 is 5.32 Å². The molecule has 3 rings (SSSR count). The number of hydrogen-bond acceptors (Lipinski definition) is 4. The van der Waals surface area contributed by atoms with Gasteiger partial charge < -0.3 is 5.32 Å². The van der Waals surface area contributed by atoms with Crippen LogP contribution in [-0.4, -0.2) is 26.8 Å². The van der Waals surface area contributed by atoms with Crippen LogP contribution in [0.4, 0.5) is 18.9 Å². The normalized spacial score (nSPS) is 11.4. The van der Waals surface area contributed by atoms with Crippen LogP contribution in [0.25, 0.3) is 11.4 Å². The number of carbonyl (C=O) groups excluding carboxylic acids is 1. The number of rotatable bonds is 5. The molecule has 0 aliphatic rings. The van der Waals surface area contributed by atoms with E-state index in [1.807, 2.05) is 0 Å². The summed E-state index contributed by atoms with van der Waals surface area (Å²) in [6.07, 6.45) is -4.47. The Morgan fingerprint density at radius 2 is 1.93 bits per heavy atom. The van der Waals surface area contributed by atoms with Crippen LogP contribution in [0.1, 0.15) is 5.56 Å². The number of halogens is 4. The van der Waals surface area contributed by atoms with Gasteiger partial charge in [0, 0.05) is 16.3 Å². The second-order valence-corrected chi connectivity index (χ2v) is 6.77. The Morgan fingerprint density at radius 1 is 1.19 bits per heavy atom. The summed E-state index contributed by atoms with van der Waals surface area (Å²) in [7, 11) is 0. The molecule has 0 spiro atoms. The molecule has 0 saturated heterocycles. The van der Waals surface area contributed by atoms with Crippen molar-refractivity contribution in [1.82, 2.24) is 15.2 Å². The maximum Gasteiger partial charge on any atom is 0.416 e. The van der Waals surface area contributed by atoms with Gasteiger partial charge in [0.25, 0.3) is 0 Å². The summed E-state index contributed by atoms with van der Waals surface area (Å²) in [5, 5.41) is 10.1. The summed E-state index contributed by atoms with van der Waals surface area (Å²) >= 11 is 6.90. The summed E-state index contributed by atoms with van der Waals surface area (Å²) in [5.74, 6) is 0.0124. The predicted octanol–water partition coefficient (Wildman–Crippen LogP) is 4.87. The number of nitrogens with zero attached hydrogens (tertiary/aromatic N) is 2. The Morgan fingerprint density at radius 3 is 2.63 bits per heavy atom. The molecule has 5 nitrogen and oxygen atoms in total. The van der Waals surface area contributed by atoms with Crippen LogP contribution in [0.3, 0.4) is 0 Å². The van der Waals surface area contributed by atoms with E-state index in [0.29, 0.717) is 16.0 Å². The standard InChI is InChI=1S/C17H12ClF3N4OS/c18-12-6-4-10(5-7-12)15-23-16(25-24-15)27-9-14(26)22-13-3-1-2-11(8-13)17(19,20)21/h1-8H,9H2,(H,22,26)(H,23,24,25). The van der Waals surface area contributed by atoms with Crippen LogP contribution >= 0.6 is 23.4 Å². The molecule has 0 radical (unpaired) electrons. The molecule has 0 aliphatic carbocycles. The minimum atomic E-state index is -4.47. The Hall–Kier alpha value is -2.52. The monoisotopic (exact) mass is 412 g/mol. The first-order valence-electron chi connectivity index (χ1n) is 7.59. The Balaban J connectivity index is 1.58. The fourth-order valence-electron chi connectivity index (χ4n) is 2.15. The number of thioether (sulfide) groups is 1. The van der Waals surface area contributed by atoms with E-state index < -0.39 is 17.6 Å². The van der Waals surface area contributed by atoms with E-state index in [2.05, 4.69) is 20.5 Å². The maximum absolute atomic E-state index is 12.7. The number of carbonyl (C=O) groups is 1. The molecule has 0 aliphatic heterocycles. The molecule has 2 aromatic carbocycles. The molecule has 1 heterocycles. The number of H-pyrrole nitrogens is 1. The van der Waals surface area contributed by atoms with Crippen molar-refractivity contribution < 1.29 is 18.0 Å². The number of alkyl halides is 3. The van der Waals surface area contributed by atoms with Crippen molar-refractivity contribution in [1.29, 1.82) is 0 Å². The highest BCUT2D eigenvalue weighted by molar-refractivity contribution is 7.99. The lowest BCUT2D eigenvalue weighted by Gasteiger charge is -2.09. The van der Waals surface area contributed by atoms with E-state index >= 15 is 0 Å². The van der Waals surface area contributed by atoms with Crippen molar-refractivity contribution in [3.63, 3.8) is 0 Å². The van der Waals surface area contributed by atoms with Crippen molar-refractivity contribution >= 4 is 35.0 Å². The second-order valence-electron chi connectivity index (χ2n) is 5.39. The Bertz CT molecular complexity index is 944. The summed E-state index contributed by atoms with van der Waals surface area (Å²) in [5.41, 5.74) is 0.0361. The van der Waals surface area contributed by atoms with Crippen LogP contribution in [0.2, 0.25) is 5.02 Å². The van der Waals surface area contributed by atoms with E-state index in [0.717, 1.165) is 29.5 Å². The SMILES string of the molecule is O=C(CSc1n[nH]c(-c2ccc(Cl)cc2)n1)Nc1cccc(C(F)(F)F)c1. The number of aromatic amines is 1. The molecule has 3 aromatic rings. The van der Waals surface area contributed by atoms with Crippen LogP contribution in [0.15, 0.2) is 53.7 Å². The molecule has 1 aromatic heterocycles. The van der Waals surface area contributed by atoms with E-state index in [4.69, 9.17) is 11.6 Å². The number of hydrogen-bond donors (Lipinski definition) is 2. The third-order valence-corrected chi connectivity index (χ3v) is 4.49. The van der Waals surface area contributed by atoms with Gasteiger partial charge in [0.05, 0.1) is 11.3 Å². The van der Waals surface area contributed by atoms with E-state index in [-0.39, 0.29) is 11.4 Å². The molecule has 0 unspecified atom stereocenters. The Kier molecular flexibility index (Phi) is 5.71. The van der Waals surface area contributed by atoms with Crippen LogP contribution in [0, 0.1) is 0 Å². The minimum absolute atomic E-state index is 0.0475. The highest BCUT2D eigenvalue weighted by atomic mass is 35.5. The second kappa shape index (κ2) is 8.01. The van der Waals surface area contributed by atoms with Gasteiger partial charge in [0.2, 0.25) is 11.1 Å². The average Bonchev–Trinajstić information content (AvgIpc) is 3.09.